The first-order chi connectivity index (χ1) is 13.7. The zero-order valence-electron chi connectivity index (χ0n) is 14.6. The molecule has 0 saturated carbocycles. The molecule has 1 N–H and O–H groups in total. The van der Waals surface area contributed by atoms with Crippen molar-refractivity contribution in [1.82, 2.24) is 9.55 Å². The van der Waals surface area contributed by atoms with Crippen LogP contribution in [-0.2, 0) is 15.7 Å². The third kappa shape index (κ3) is 4.98. The van der Waals surface area contributed by atoms with Crippen LogP contribution in [0.3, 0.4) is 0 Å². The maximum Gasteiger partial charge on any atom is 0.416 e. The highest BCUT2D eigenvalue weighted by molar-refractivity contribution is 5.95. The Bertz CT molecular complexity index is 1030. The number of hydrogen-bond donors (Lipinski definition) is 1. The molecule has 1 heterocycles. The lowest BCUT2D eigenvalue weighted by molar-refractivity contribution is -0.137. The van der Waals surface area contributed by atoms with E-state index in [2.05, 4.69) is 10.3 Å². The number of hydrogen-bond acceptors (Lipinski definition) is 4. The number of benzene rings is 2. The Morgan fingerprint density at radius 2 is 1.83 bits per heavy atom. The summed E-state index contributed by atoms with van der Waals surface area (Å²) < 4.78 is 57.4. The minimum Gasteiger partial charge on any atom is -0.451 e. The molecule has 1 amide bonds. The summed E-state index contributed by atoms with van der Waals surface area (Å²) in [5.74, 6) is -2.15. The van der Waals surface area contributed by atoms with Crippen LogP contribution in [0.2, 0.25) is 0 Å². The van der Waals surface area contributed by atoms with E-state index >= 15 is 0 Å². The number of halogens is 4. The second-order valence-electron chi connectivity index (χ2n) is 5.83. The number of amides is 1. The highest BCUT2D eigenvalue weighted by atomic mass is 19.4. The molecule has 3 aromatic rings. The van der Waals surface area contributed by atoms with Gasteiger partial charge in [0.2, 0.25) is 0 Å². The van der Waals surface area contributed by atoms with Crippen molar-refractivity contribution in [2.45, 2.75) is 6.18 Å². The Morgan fingerprint density at radius 3 is 2.52 bits per heavy atom. The first kappa shape index (κ1) is 20.1. The van der Waals surface area contributed by atoms with Crippen molar-refractivity contribution in [3.05, 3.63) is 78.1 Å². The Balaban J connectivity index is 1.62. The molecule has 0 spiro atoms. The summed E-state index contributed by atoms with van der Waals surface area (Å²) in [6.45, 7) is -0.719. The van der Waals surface area contributed by atoms with Crippen molar-refractivity contribution >= 4 is 17.6 Å². The fourth-order valence-electron chi connectivity index (χ4n) is 2.43. The van der Waals surface area contributed by atoms with E-state index in [9.17, 15) is 27.2 Å². The molecule has 0 aliphatic carbocycles. The Hall–Kier alpha value is -3.69. The largest absolute Gasteiger partial charge is 0.451 e. The van der Waals surface area contributed by atoms with Gasteiger partial charge < -0.3 is 10.1 Å². The molecule has 0 aliphatic heterocycles. The van der Waals surface area contributed by atoms with Gasteiger partial charge in [-0.25, -0.2) is 14.2 Å². The molecule has 29 heavy (non-hydrogen) atoms. The molecule has 3 rings (SSSR count). The third-order valence-corrected chi connectivity index (χ3v) is 3.76. The molecule has 0 fully saturated rings. The fraction of sp³-hybridized carbons (Fsp3) is 0.105. The normalized spacial score (nSPS) is 11.2. The van der Waals surface area contributed by atoms with Crippen molar-refractivity contribution in [2.75, 3.05) is 11.9 Å². The molecule has 0 aliphatic rings. The standard InChI is InChI=1S/C19H13F4N3O3/c20-13-4-6-15(7-5-13)26-11-24-9-16(26)18(28)29-10-17(27)25-14-3-1-2-12(8-14)19(21,22)23/h1-9,11H,10H2,(H,25,27). The van der Waals surface area contributed by atoms with Gasteiger partial charge in [0, 0.05) is 11.4 Å². The molecule has 2 aromatic carbocycles. The topological polar surface area (TPSA) is 73.2 Å². The molecule has 0 bridgehead atoms. The van der Waals surface area contributed by atoms with Crippen LogP contribution < -0.4 is 5.32 Å². The molecule has 0 unspecified atom stereocenters. The fourth-order valence-corrected chi connectivity index (χ4v) is 2.43. The third-order valence-electron chi connectivity index (χ3n) is 3.76. The lowest BCUT2D eigenvalue weighted by Crippen LogP contribution is -2.22. The van der Waals surface area contributed by atoms with Gasteiger partial charge >= 0.3 is 12.1 Å². The number of alkyl halides is 3. The SMILES string of the molecule is O=C(COC(=O)c1cncn1-c1ccc(F)cc1)Nc1cccc(C(F)(F)F)c1. The van der Waals surface area contributed by atoms with E-state index < -0.39 is 36.0 Å². The van der Waals surface area contributed by atoms with E-state index in [-0.39, 0.29) is 11.4 Å². The summed E-state index contributed by atoms with van der Waals surface area (Å²) in [5.41, 5.74) is -0.569. The summed E-state index contributed by atoms with van der Waals surface area (Å²) in [4.78, 5) is 28.0. The number of rotatable bonds is 5. The molecule has 0 atom stereocenters. The van der Waals surface area contributed by atoms with Gasteiger partial charge in [-0.15, -0.1) is 0 Å². The van der Waals surface area contributed by atoms with E-state index in [1.165, 1.54) is 47.4 Å². The Labute approximate surface area is 161 Å². The van der Waals surface area contributed by atoms with Crippen molar-refractivity contribution < 1.29 is 31.9 Å². The van der Waals surface area contributed by atoms with Crippen molar-refractivity contribution in [3.63, 3.8) is 0 Å². The second-order valence-corrected chi connectivity index (χ2v) is 5.83. The number of imidazole rings is 1. The van der Waals surface area contributed by atoms with Crippen LogP contribution in [0.25, 0.3) is 5.69 Å². The number of carbonyl (C=O) groups excluding carboxylic acids is 2. The van der Waals surface area contributed by atoms with Gasteiger partial charge in [0.05, 0.1) is 18.1 Å². The van der Waals surface area contributed by atoms with E-state index in [1.54, 1.807) is 0 Å². The smallest absolute Gasteiger partial charge is 0.416 e. The maximum absolute atomic E-state index is 13.0. The second kappa shape index (κ2) is 8.13. The quantitative estimate of drug-likeness (QED) is 0.516. The van der Waals surface area contributed by atoms with Gasteiger partial charge in [-0.2, -0.15) is 13.2 Å². The first-order valence-corrected chi connectivity index (χ1v) is 8.16. The minimum atomic E-state index is -4.55. The average molecular weight is 407 g/mol. The molecular formula is C19H13F4N3O3. The number of nitrogens with zero attached hydrogens (tertiary/aromatic N) is 2. The maximum atomic E-state index is 13.0. The predicted molar refractivity (Wildman–Crippen MR) is 93.9 cm³/mol. The minimum absolute atomic E-state index is 0.0107. The molecule has 6 nitrogen and oxygen atoms in total. The van der Waals surface area contributed by atoms with Crippen LogP contribution in [0.4, 0.5) is 23.2 Å². The molecule has 1 aromatic heterocycles. The van der Waals surface area contributed by atoms with Crippen molar-refractivity contribution in [2.24, 2.45) is 0 Å². The number of anilines is 1. The molecular weight excluding hydrogens is 394 g/mol. The zero-order valence-corrected chi connectivity index (χ0v) is 14.6. The monoisotopic (exact) mass is 407 g/mol. The summed E-state index contributed by atoms with van der Waals surface area (Å²) in [6, 6.07) is 9.31. The highest BCUT2D eigenvalue weighted by Gasteiger charge is 2.30. The number of carbonyl (C=O) groups is 2. The van der Waals surface area contributed by atoms with Crippen LogP contribution in [0, 0.1) is 5.82 Å². The Morgan fingerprint density at radius 1 is 1.10 bits per heavy atom. The van der Waals surface area contributed by atoms with Crippen LogP contribution in [0.15, 0.2) is 61.1 Å². The van der Waals surface area contributed by atoms with Crippen LogP contribution >= 0.6 is 0 Å². The van der Waals surface area contributed by atoms with Gasteiger partial charge in [0.25, 0.3) is 5.91 Å². The van der Waals surface area contributed by atoms with Crippen LogP contribution in [0.1, 0.15) is 16.1 Å². The lowest BCUT2D eigenvalue weighted by atomic mass is 10.2. The van der Waals surface area contributed by atoms with Gasteiger partial charge in [0.1, 0.15) is 5.82 Å². The van der Waals surface area contributed by atoms with E-state index in [0.29, 0.717) is 5.69 Å². The lowest BCUT2D eigenvalue weighted by Gasteiger charge is -2.11. The van der Waals surface area contributed by atoms with E-state index in [0.717, 1.165) is 18.2 Å². The van der Waals surface area contributed by atoms with Crippen LogP contribution in [-0.4, -0.2) is 28.0 Å². The van der Waals surface area contributed by atoms with Crippen LogP contribution in [0.5, 0.6) is 0 Å². The van der Waals surface area contributed by atoms with Gasteiger partial charge in [-0.3, -0.25) is 9.36 Å². The predicted octanol–water partition coefficient (Wildman–Crippen LogP) is 3.83. The molecule has 0 saturated heterocycles. The highest BCUT2D eigenvalue weighted by Crippen LogP contribution is 2.30. The summed E-state index contributed by atoms with van der Waals surface area (Å²) in [7, 11) is 0. The Kier molecular flexibility index (Phi) is 5.62. The summed E-state index contributed by atoms with van der Waals surface area (Å²) >= 11 is 0. The summed E-state index contributed by atoms with van der Waals surface area (Å²) in [6.07, 6.45) is -2.03. The number of ether oxygens (including phenoxy) is 1. The van der Waals surface area contributed by atoms with Gasteiger partial charge in [0.15, 0.2) is 12.3 Å². The summed E-state index contributed by atoms with van der Waals surface area (Å²) in [5, 5.41) is 2.23. The molecule has 0 radical (unpaired) electrons. The van der Waals surface area contributed by atoms with Crippen molar-refractivity contribution in [3.8, 4) is 5.69 Å². The number of aromatic nitrogens is 2. The number of esters is 1. The number of nitrogens with one attached hydrogen (secondary N) is 1. The van der Waals surface area contributed by atoms with Gasteiger partial charge in [-0.1, -0.05) is 6.07 Å². The van der Waals surface area contributed by atoms with E-state index in [4.69, 9.17) is 4.74 Å². The molecule has 150 valence electrons. The molecule has 10 heteroatoms. The van der Waals surface area contributed by atoms with E-state index in [1.807, 2.05) is 0 Å². The zero-order chi connectivity index (χ0) is 21.0. The first-order valence-electron chi connectivity index (χ1n) is 8.16. The van der Waals surface area contributed by atoms with Gasteiger partial charge in [-0.05, 0) is 42.5 Å². The van der Waals surface area contributed by atoms with Crippen molar-refractivity contribution in [1.29, 1.82) is 0 Å². The average Bonchev–Trinajstić information content (AvgIpc) is 3.16.